The van der Waals surface area contributed by atoms with E-state index in [1.165, 1.54) is 12.1 Å². The third kappa shape index (κ3) is 7.31. The number of rotatable bonds is 8. The van der Waals surface area contributed by atoms with Crippen molar-refractivity contribution in [1.29, 1.82) is 0 Å². The number of aryl methyl sites for hydroxylation is 1. The topological polar surface area (TPSA) is 76.4 Å². The molecule has 0 fully saturated rings. The lowest BCUT2D eigenvalue weighted by Gasteiger charge is -2.20. The Labute approximate surface area is 176 Å². The zero-order chi connectivity index (χ0) is 18.9. The average molecular weight is 490 g/mol. The Balaban J connectivity index is 0.00000364. The van der Waals surface area contributed by atoms with Crippen LogP contribution in [0.5, 0.6) is 5.75 Å². The van der Waals surface area contributed by atoms with E-state index in [9.17, 15) is 4.39 Å². The zero-order valence-electron chi connectivity index (χ0n) is 16.2. The third-order valence-corrected chi connectivity index (χ3v) is 3.96. The van der Waals surface area contributed by atoms with Gasteiger partial charge in [0.2, 0.25) is 0 Å². The van der Waals surface area contributed by atoms with Crippen molar-refractivity contribution in [3.63, 3.8) is 0 Å². The SMILES string of the molecule is CCNC(=NCc1nnc(C)n1C)NCC(CC)Oc1cccc(F)c1.I. The van der Waals surface area contributed by atoms with Gasteiger partial charge in [0.05, 0.1) is 6.54 Å². The first-order valence-electron chi connectivity index (χ1n) is 8.82. The summed E-state index contributed by atoms with van der Waals surface area (Å²) >= 11 is 0. The van der Waals surface area contributed by atoms with Crippen LogP contribution in [0.25, 0.3) is 0 Å². The number of ether oxygens (including phenoxy) is 1. The summed E-state index contributed by atoms with van der Waals surface area (Å²) in [5.41, 5.74) is 0. The van der Waals surface area contributed by atoms with Gasteiger partial charge in [-0.3, -0.25) is 0 Å². The van der Waals surface area contributed by atoms with Crippen molar-refractivity contribution in [1.82, 2.24) is 25.4 Å². The molecule has 0 bridgehead atoms. The van der Waals surface area contributed by atoms with E-state index in [1.54, 1.807) is 12.1 Å². The monoisotopic (exact) mass is 490 g/mol. The highest BCUT2D eigenvalue weighted by Gasteiger charge is 2.10. The highest BCUT2D eigenvalue weighted by atomic mass is 127. The second kappa shape index (κ2) is 11.7. The second-order valence-electron chi connectivity index (χ2n) is 5.90. The maximum atomic E-state index is 13.3. The molecule has 2 rings (SSSR count). The van der Waals surface area contributed by atoms with E-state index < -0.39 is 0 Å². The molecule has 0 radical (unpaired) electrons. The molecule has 0 spiro atoms. The number of hydrogen-bond acceptors (Lipinski definition) is 4. The number of aliphatic imine (C=N–C) groups is 1. The van der Waals surface area contributed by atoms with Crippen LogP contribution in [0.15, 0.2) is 29.3 Å². The van der Waals surface area contributed by atoms with Gasteiger partial charge < -0.3 is 19.9 Å². The van der Waals surface area contributed by atoms with Gasteiger partial charge in [-0.25, -0.2) is 9.38 Å². The van der Waals surface area contributed by atoms with Crippen LogP contribution in [0.4, 0.5) is 4.39 Å². The molecule has 0 aliphatic rings. The van der Waals surface area contributed by atoms with Crippen LogP contribution in [0.2, 0.25) is 0 Å². The maximum absolute atomic E-state index is 13.3. The Morgan fingerprint density at radius 3 is 2.67 bits per heavy atom. The van der Waals surface area contributed by atoms with Crippen molar-refractivity contribution in [2.75, 3.05) is 13.1 Å². The summed E-state index contributed by atoms with van der Waals surface area (Å²) < 4.78 is 21.1. The number of benzene rings is 1. The van der Waals surface area contributed by atoms with Crippen molar-refractivity contribution in [3.8, 4) is 5.75 Å². The Morgan fingerprint density at radius 2 is 2.07 bits per heavy atom. The number of aromatic nitrogens is 3. The molecule has 150 valence electrons. The molecule has 0 saturated carbocycles. The molecule has 1 heterocycles. The molecule has 0 aliphatic heterocycles. The van der Waals surface area contributed by atoms with Crippen molar-refractivity contribution in [2.45, 2.75) is 39.8 Å². The molecule has 0 amide bonds. The normalized spacial score (nSPS) is 12.3. The molecule has 2 N–H and O–H groups in total. The van der Waals surface area contributed by atoms with Crippen LogP contribution in [-0.4, -0.2) is 39.9 Å². The van der Waals surface area contributed by atoms with Gasteiger partial charge in [0.15, 0.2) is 11.8 Å². The largest absolute Gasteiger partial charge is 0.489 e. The van der Waals surface area contributed by atoms with Crippen molar-refractivity contribution in [3.05, 3.63) is 41.7 Å². The van der Waals surface area contributed by atoms with Crippen LogP contribution in [0.3, 0.4) is 0 Å². The molecule has 2 aromatic rings. The molecule has 9 heteroatoms. The Kier molecular flexibility index (Phi) is 10.0. The molecular weight excluding hydrogens is 462 g/mol. The van der Waals surface area contributed by atoms with E-state index in [-0.39, 0.29) is 35.9 Å². The van der Waals surface area contributed by atoms with E-state index in [0.717, 1.165) is 24.6 Å². The molecular formula is C18H28FIN6O. The van der Waals surface area contributed by atoms with E-state index in [1.807, 2.05) is 32.4 Å². The van der Waals surface area contributed by atoms with Gasteiger partial charge in [-0.1, -0.05) is 13.0 Å². The van der Waals surface area contributed by atoms with Gasteiger partial charge in [-0.05, 0) is 32.4 Å². The summed E-state index contributed by atoms with van der Waals surface area (Å²) in [7, 11) is 1.92. The predicted molar refractivity (Wildman–Crippen MR) is 115 cm³/mol. The summed E-state index contributed by atoms with van der Waals surface area (Å²) in [6.45, 7) is 7.65. The molecule has 1 atom stereocenters. The smallest absolute Gasteiger partial charge is 0.191 e. The van der Waals surface area contributed by atoms with Gasteiger partial charge in [0.25, 0.3) is 0 Å². The molecule has 7 nitrogen and oxygen atoms in total. The van der Waals surface area contributed by atoms with Gasteiger partial charge >= 0.3 is 0 Å². The van der Waals surface area contributed by atoms with E-state index >= 15 is 0 Å². The highest BCUT2D eigenvalue weighted by Crippen LogP contribution is 2.14. The van der Waals surface area contributed by atoms with Gasteiger partial charge in [-0.2, -0.15) is 0 Å². The maximum Gasteiger partial charge on any atom is 0.191 e. The second-order valence-corrected chi connectivity index (χ2v) is 5.90. The summed E-state index contributed by atoms with van der Waals surface area (Å²) in [4.78, 5) is 4.54. The lowest BCUT2D eigenvalue weighted by molar-refractivity contribution is 0.198. The lowest BCUT2D eigenvalue weighted by Crippen LogP contribution is -2.42. The lowest BCUT2D eigenvalue weighted by atomic mass is 10.2. The van der Waals surface area contributed by atoms with Gasteiger partial charge in [0.1, 0.15) is 30.0 Å². The van der Waals surface area contributed by atoms with E-state index in [2.05, 4.69) is 25.8 Å². The van der Waals surface area contributed by atoms with Crippen LogP contribution in [0, 0.1) is 12.7 Å². The predicted octanol–water partition coefficient (Wildman–Crippen LogP) is 2.79. The van der Waals surface area contributed by atoms with Crippen LogP contribution < -0.4 is 15.4 Å². The fourth-order valence-electron chi connectivity index (χ4n) is 2.29. The first kappa shape index (κ1) is 23.1. The minimum Gasteiger partial charge on any atom is -0.489 e. The first-order valence-corrected chi connectivity index (χ1v) is 8.82. The Morgan fingerprint density at radius 1 is 1.30 bits per heavy atom. The van der Waals surface area contributed by atoms with Crippen molar-refractivity contribution < 1.29 is 9.13 Å². The summed E-state index contributed by atoms with van der Waals surface area (Å²) in [6.07, 6.45) is 0.684. The van der Waals surface area contributed by atoms with Crippen LogP contribution >= 0.6 is 24.0 Å². The molecule has 1 aromatic heterocycles. The number of hydrogen-bond donors (Lipinski definition) is 2. The highest BCUT2D eigenvalue weighted by molar-refractivity contribution is 14.0. The minimum absolute atomic E-state index is 0. The molecule has 1 unspecified atom stereocenters. The average Bonchev–Trinajstić information content (AvgIpc) is 2.94. The number of guanidine groups is 1. The van der Waals surface area contributed by atoms with Crippen LogP contribution in [0.1, 0.15) is 31.9 Å². The fraction of sp³-hybridized carbons (Fsp3) is 0.500. The van der Waals surface area contributed by atoms with Crippen molar-refractivity contribution in [2.24, 2.45) is 12.0 Å². The van der Waals surface area contributed by atoms with Crippen molar-refractivity contribution >= 4 is 29.9 Å². The number of nitrogens with one attached hydrogen (secondary N) is 2. The van der Waals surface area contributed by atoms with E-state index in [0.29, 0.717) is 24.8 Å². The molecule has 0 aliphatic carbocycles. The number of halogens is 2. The third-order valence-electron chi connectivity index (χ3n) is 3.96. The quantitative estimate of drug-likeness (QED) is 0.338. The standard InChI is InChI=1S/C18H27FN6O.HI/c1-5-15(26-16-9-7-8-14(19)10-16)11-21-18(20-6-2)22-12-17-24-23-13(3)25(17)4;/h7-10,15H,5-6,11-12H2,1-4H3,(H2,20,21,22);1H. The molecule has 27 heavy (non-hydrogen) atoms. The Bertz CT molecular complexity index is 736. The van der Waals surface area contributed by atoms with Crippen LogP contribution in [-0.2, 0) is 13.6 Å². The first-order chi connectivity index (χ1) is 12.5. The summed E-state index contributed by atoms with van der Waals surface area (Å²) in [5, 5.41) is 14.6. The summed E-state index contributed by atoms with van der Waals surface area (Å²) in [6, 6.07) is 6.18. The minimum atomic E-state index is -0.306. The van der Waals surface area contributed by atoms with Gasteiger partial charge in [-0.15, -0.1) is 34.2 Å². The van der Waals surface area contributed by atoms with E-state index in [4.69, 9.17) is 4.74 Å². The summed E-state index contributed by atoms with van der Waals surface area (Å²) in [5.74, 6) is 2.54. The van der Waals surface area contributed by atoms with Gasteiger partial charge in [0, 0.05) is 19.7 Å². The molecule has 1 aromatic carbocycles. The molecule has 0 saturated heterocycles. The fourth-order valence-corrected chi connectivity index (χ4v) is 2.29. The Hall–Kier alpha value is -1.91. The zero-order valence-corrected chi connectivity index (χ0v) is 18.5. The number of nitrogens with zero attached hydrogens (tertiary/aromatic N) is 4.